The van der Waals surface area contributed by atoms with Crippen molar-refractivity contribution in [2.45, 2.75) is 13.8 Å². The number of hydrogen-bond donors (Lipinski definition) is 0. The fourth-order valence-corrected chi connectivity index (χ4v) is 2.76. The van der Waals surface area contributed by atoms with Gasteiger partial charge in [0.2, 0.25) is 5.75 Å². The van der Waals surface area contributed by atoms with Gasteiger partial charge in [-0.3, -0.25) is 10.1 Å². The van der Waals surface area contributed by atoms with Crippen LogP contribution in [0.2, 0.25) is 0 Å². The van der Waals surface area contributed by atoms with Gasteiger partial charge in [0.1, 0.15) is 5.69 Å². The second-order valence-corrected chi connectivity index (χ2v) is 5.82. The van der Waals surface area contributed by atoms with Gasteiger partial charge in [0.15, 0.2) is 17.9 Å². The van der Waals surface area contributed by atoms with Crippen molar-refractivity contribution < 1.29 is 18.8 Å². The van der Waals surface area contributed by atoms with Crippen LogP contribution >= 0.6 is 0 Å². The molecule has 134 valence electrons. The molecule has 1 aromatic heterocycles. The Bertz CT molecular complexity index is 978. The summed E-state index contributed by atoms with van der Waals surface area (Å²) in [5, 5.41) is 11.4. The van der Waals surface area contributed by atoms with Gasteiger partial charge in [0, 0.05) is 17.2 Å². The summed E-state index contributed by atoms with van der Waals surface area (Å²) in [6, 6.07) is 8.97. The third kappa shape index (κ3) is 2.99. The van der Waals surface area contributed by atoms with E-state index >= 15 is 0 Å². The molecule has 0 aliphatic carbocycles. The Morgan fingerprint density at radius 2 is 1.81 bits per heavy atom. The first-order valence-electron chi connectivity index (χ1n) is 7.88. The van der Waals surface area contributed by atoms with E-state index < -0.39 is 4.92 Å². The molecular formula is C19H18N2O5. The van der Waals surface area contributed by atoms with Crippen LogP contribution in [0.25, 0.3) is 22.6 Å². The number of rotatable bonds is 5. The zero-order chi connectivity index (χ0) is 18.8. The van der Waals surface area contributed by atoms with E-state index in [0.29, 0.717) is 17.0 Å². The van der Waals surface area contributed by atoms with Crippen molar-refractivity contribution in [1.29, 1.82) is 0 Å². The van der Waals surface area contributed by atoms with Crippen LogP contribution in [0, 0.1) is 24.0 Å². The van der Waals surface area contributed by atoms with Gasteiger partial charge < -0.3 is 13.9 Å². The molecule has 7 nitrogen and oxygen atoms in total. The van der Waals surface area contributed by atoms with Crippen LogP contribution in [0.5, 0.6) is 11.5 Å². The van der Waals surface area contributed by atoms with Gasteiger partial charge in [-0.1, -0.05) is 12.1 Å². The van der Waals surface area contributed by atoms with E-state index in [2.05, 4.69) is 4.98 Å². The largest absolute Gasteiger partial charge is 0.493 e. The Kier molecular flexibility index (Phi) is 4.62. The summed E-state index contributed by atoms with van der Waals surface area (Å²) in [6.07, 6.45) is 1.32. The summed E-state index contributed by atoms with van der Waals surface area (Å²) in [6.45, 7) is 4.04. The van der Waals surface area contributed by atoms with Crippen LogP contribution in [0.3, 0.4) is 0 Å². The number of ether oxygens (including phenoxy) is 2. The molecule has 3 rings (SSSR count). The third-order valence-corrected chi connectivity index (χ3v) is 4.27. The number of nitro groups is 1. The van der Waals surface area contributed by atoms with Crippen molar-refractivity contribution >= 4 is 5.69 Å². The summed E-state index contributed by atoms with van der Waals surface area (Å²) in [4.78, 5) is 15.2. The van der Waals surface area contributed by atoms with Crippen LogP contribution in [0.15, 0.2) is 41.1 Å². The molecule has 0 fully saturated rings. The summed E-state index contributed by atoms with van der Waals surface area (Å²) in [5.74, 6) is 0.859. The smallest absolute Gasteiger partial charge is 0.315 e. The van der Waals surface area contributed by atoms with Gasteiger partial charge in [-0.2, -0.15) is 0 Å². The van der Waals surface area contributed by atoms with Crippen molar-refractivity contribution in [3.63, 3.8) is 0 Å². The Balaban J connectivity index is 2.19. The first kappa shape index (κ1) is 17.5. The van der Waals surface area contributed by atoms with E-state index in [4.69, 9.17) is 13.9 Å². The predicted molar refractivity (Wildman–Crippen MR) is 96.6 cm³/mol. The molecule has 3 aromatic rings. The average Bonchev–Trinajstić information content (AvgIpc) is 3.12. The number of aromatic nitrogens is 1. The van der Waals surface area contributed by atoms with E-state index in [1.54, 1.807) is 6.07 Å². The maximum Gasteiger partial charge on any atom is 0.315 e. The van der Waals surface area contributed by atoms with Crippen LogP contribution in [-0.4, -0.2) is 24.1 Å². The first-order valence-corrected chi connectivity index (χ1v) is 7.88. The molecular weight excluding hydrogens is 336 g/mol. The maximum absolute atomic E-state index is 11.4. The van der Waals surface area contributed by atoms with Gasteiger partial charge in [-0.15, -0.1) is 0 Å². The third-order valence-electron chi connectivity index (χ3n) is 4.27. The number of hydrogen-bond acceptors (Lipinski definition) is 6. The van der Waals surface area contributed by atoms with E-state index in [-0.39, 0.29) is 17.2 Å². The van der Waals surface area contributed by atoms with Gasteiger partial charge in [-0.05, 0) is 37.1 Å². The van der Waals surface area contributed by atoms with Crippen LogP contribution < -0.4 is 9.47 Å². The lowest BCUT2D eigenvalue weighted by Gasteiger charge is -2.10. The monoisotopic (exact) mass is 354 g/mol. The molecule has 0 N–H and O–H groups in total. The summed E-state index contributed by atoms with van der Waals surface area (Å²) in [5.41, 5.74) is 3.93. The molecule has 7 heteroatoms. The lowest BCUT2D eigenvalue weighted by molar-refractivity contribution is -0.385. The molecule has 26 heavy (non-hydrogen) atoms. The van der Waals surface area contributed by atoms with Crippen molar-refractivity contribution in [2.24, 2.45) is 0 Å². The van der Waals surface area contributed by atoms with Gasteiger partial charge in [-0.25, -0.2) is 4.98 Å². The number of oxazole rings is 1. The summed E-state index contributed by atoms with van der Waals surface area (Å²) in [7, 11) is 2.79. The second kappa shape index (κ2) is 6.87. The molecule has 0 aliphatic heterocycles. The fraction of sp³-hybridized carbons (Fsp3) is 0.211. The molecule has 0 bridgehead atoms. The minimum atomic E-state index is -0.513. The van der Waals surface area contributed by atoms with Crippen molar-refractivity contribution in [3.05, 3.63) is 58.0 Å². The molecule has 2 aromatic carbocycles. The Morgan fingerprint density at radius 3 is 2.42 bits per heavy atom. The van der Waals surface area contributed by atoms with E-state index in [9.17, 15) is 10.1 Å². The number of nitrogens with zero attached hydrogens (tertiary/aromatic N) is 2. The number of nitro benzene ring substituents is 1. The lowest BCUT2D eigenvalue weighted by Crippen LogP contribution is -1.98. The molecule has 0 amide bonds. The Hall–Kier alpha value is -3.35. The number of methoxy groups -OCH3 is 2. The molecule has 0 spiro atoms. The minimum absolute atomic E-state index is 0.0671. The Labute approximate surface area is 150 Å². The normalized spacial score (nSPS) is 10.6. The standard InChI is InChI=1S/C19H18N2O5/c1-11-5-6-13(7-12(11)2)18-17(20-10-26-18)14-8-15(21(22)23)19(25-4)16(9-14)24-3/h5-10H,1-4H3. The highest BCUT2D eigenvalue weighted by atomic mass is 16.6. The van der Waals surface area contributed by atoms with Crippen molar-refractivity contribution in [1.82, 2.24) is 4.98 Å². The molecule has 0 atom stereocenters. The molecule has 0 saturated heterocycles. The molecule has 0 radical (unpaired) electrons. The van der Waals surface area contributed by atoms with Crippen LogP contribution in [0.4, 0.5) is 5.69 Å². The molecule has 0 unspecified atom stereocenters. The SMILES string of the molecule is COc1cc(-c2ncoc2-c2ccc(C)c(C)c2)cc([N+](=O)[O-])c1OC. The topological polar surface area (TPSA) is 87.6 Å². The zero-order valence-electron chi connectivity index (χ0n) is 14.9. The number of aryl methyl sites for hydroxylation is 2. The quantitative estimate of drug-likeness (QED) is 0.493. The van der Waals surface area contributed by atoms with Gasteiger partial charge >= 0.3 is 5.69 Å². The molecule has 0 saturated carbocycles. The molecule has 0 aliphatic rings. The highest BCUT2D eigenvalue weighted by Gasteiger charge is 2.24. The Morgan fingerprint density at radius 1 is 1.04 bits per heavy atom. The van der Waals surface area contributed by atoms with E-state index in [1.807, 2.05) is 32.0 Å². The van der Waals surface area contributed by atoms with Crippen LogP contribution in [0.1, 0.15) is 11.1 Å². The summed E-state index contributed by atoms with van der Waals surface area (Å²) >= 11 is 0. The highest BCUT2D eigenvalue weighted by molar-refractivity contribution is 5.80. The van der Waals surface area contributed by atoms with Gasteiger partial charge in [0.25, 0.3) is 0 Å². The fourth-order valence-electron chi connectivity index (χ4n) is 2.76. The summed E-state index contributed by atoms with van der Waals surface area (Å²) < 4.78 is 16.0. The minimum Gasteiger partial charge on any atom is -0.493 e. The zero-order valence-corrected chi connectivity index (χ0v) is 14.9. The highest BCUT2D eigenvalue weighted by Crippen LogP contribution is 2.42. The predicted octanol–water partition coefficient (Wildman–Crippen LogP) is 4.55. The van der Waals surface area contributed by atoms with Crippen molar-refractivity contribution in [2.75, 3.05) is 14.2 Å². The maximum atomic E-state index is 11.4. The lowest BCUT2D eigenvalue weighted by atomic mass is 10.0. The average molecular weight is 354 g/mol. The second-order valence-electron chi connectivity index (χ2n) is 5.82. The van der Waals surface area contributed by atoms with Crippen LogP contribution in [-0.2, 0) is 0 Å². The number of benzene rings is 2. The van der Waals surface area contributed by atoms with E-state index in [0.717, 1.165) is 16.7 Å². The first-order chi connectivity index (χ1) is 12.5. The molecule has 1 heterocycles. The van der Waals surface area contributed by atoms with E-state index in [1.165, 1.54) is 26.7 Å². The van der Waals surface area contributed by atoms with Crippen molar-refractivity contribution in [3.8, 4) is 34.1 Å². The van der Waals surface area contributed by atoms with Gasteiger partial charge in [0.05, 0.1) is 19.1 Å².